The van der Waals surface area contributed by atoms with Crippen LogP contribution in [-0.2, 0) is 0 Å². The van der Waals surface area contributed by atoms with E-state index in [4.69, 9.17) is 0 Å². The minimum absolute atomic E-state index is 0.0967. The maximum atomic E-state index is 12.0. The largest absolute Gasteiger partial charge is 0.349 e. The number of aromatic nitrogens is 2. The Balaban J connectivity index is 2.35. The number of benzene rings is 1. The van der Waals surface area contributed by atoms with Crippen molar-refractivity contribution in [2.75, 3.05) is 20.1 Å². The number of carbonyl (C=O) groups is 1. The highest BCUT2D eigenvalue weighted by molar-refractivity contribution is 5.92. The zero-order valence-corrected chi connectivity index (χ0v) is 12.1. The molecule has 1 aromatic heterocycles. The average molecular weight is 286 g/mol. The van der Waals surface area contributed by atoms with E-state index in [-0.39, 0.29) is 11.1 Å². The second-order valence-corrected chi connectivity index (χ2v) is 4.61. The second-order valence-electron chi connectivity index (χ2n) is 4.61. The zero-order chi connectivity index (χ0) is 15.2. The Morgan fingerprint density at radius 2 is 1.95 bits per heavy atom. The van der Waals surface area contributed by atoms with Gasteiger partial charge in [0.25, 0.3) is 5.91 Å². The number of amides is 1. The van der Waals surface area contributed by atoms with Gasteiger partial charge in [0, 0.05) is 24.8 Å². The quantitative estimate of drug-likeness (QED) is 0.784. The van der Waals surface area contributed by atoms with Crippen molar-refractivity contribution in [1.82, 2.24) is 20.4 Å². The highest BCUT2D eigenvalue weighted by Crippen LogP contribution is 2.07. The lowest BCUT2D eigenvalue weighted by atomic mass is 10.2. The van der Waals surface area contributed by atoms with Crippen LogP contribution in [0.3, 0.4) is 0 Å². The Hall–Kier alpha value is -2.47. The van der Waals surface area contributed by atoms with E-state index in [0.717, 1.165) is 5.69 Å². The van der Waals surface area contributed by atoms with E-state index in [9.17, 15) is 9.59 Å². The van der Waals surface area contributed by atoms with Crippen LogP contribution in [0.15, 0.2) is 41.2 Å². The van der Waals surface area contributed by atoms with E-state index in [0.29, 0.717) is 18.8 Å². The van der Waals surface area contributed by atoms with Gasteiger partial charge in [0.2, 0.25) is 5.43 Å². The molecule has 0 spiro atoms. The van der Waals surface area contributed by atoms with Gasteiger partial charge in [0.1, 0.15) is 0 Å². The topological polar surface area (TPSA) is 76.0 Å². The van der Waals surface area contributed by atoms with E-state index in [1.165, 1.54) is 6.07 Å². The van der Waals surface area contributed by atoms with Crippen LogP contribution in [0.2, 0.25) is 0 Å². The van der Waals surface area contributed by atoms with Crippen LogP contribution in [0.4, 0.5) is 0 Å². The van der Waals surface area contributed by atoms with Gasteiger partial charge in [-0.15, -0.1) is 0 Å². The van der Waals surface area contributed by atoms with E-state index >= 15 is 0 Å². The smallest absolute Gasteiger partial charge is 0.275 e. The molecule has 6 heteroatoms. The molecule has 0 atom stereocenters. The molecule has 0 saturated heterocycles. The van der Waals surface area contributed by atoms with Gasteiger partial charge in [-0.1, -0.05) is 18.2 Å². The van der Waals surface area contributed by atoms with Crippen molar-refractivity contribution < 1.29 is 4.79 Å². The second kappa shape index (κ2) is 6.81. The first-order chi connectivity index (χ1) is 10.1. The molecule has 0 aliphatic heterocycles. The minimum Gasteiger partial charge on any atom is -0.349 e. The molecule has 2 N–H and O–H groups in total. The standard InChI is InChI=1S/C15H18N4O2/c1-11-10-13(20)14(15(21)17-9-8-16-2)18-19(11)12-6-4-3-5-7-12/h3-7,10,16H,8-9H2,1-2H3,(H,17,21). The molecule has 2 aromatic rings. The number of nitrogens with one attached hydrogen (secondary N) is 2. The molecule has 2 rings (SSSR count). The summed E-state index contributed by atoms with van der Waals surface area (Å²) in [6.45, 7) is 2.85. The van der Waals surface area contributed by atoms with E-state index in [1.54, 1.807) is 18.7 Å². The first kappa shape index (κ1) is 14.9. The molecule has 1 heterocycles. The summed E-state index contributed by atoms with van der Waals surface area (Å²) in [5.41, 5.74) is 1.01. The van der Waals surface area contributed by atoms with Gasteiger partial charge in [-0.3, -0.25) is 9.59 Å². The lowest BCUT2D eigenvalue weighted by Gasteiger charge is -2.11. The monoisotopic (exact) mass is 286 g/mol. The maximum absolute atomic E-state index is 12.0. The molecule has 0 unspecified atom stereocenters. The zero-order valence-electron chi connectivity index (χ0n) is 12.1. The van der Waals surface area contributed by atoms with Crippen molar-refractivity contribution in [2.24, 2.45) is 0 Å². The molecule has 6 nitrogen and oxygen atoms in total. The van der Waals surface area contributed by atoms with Crippen molar-refractivity contribution in [3.63, 3.8) is 0 Å². The number of rotatable bonds is 5. The van der Waals surface area contributed by atoms with Gasteiger partial charge in [0.15, 0.2) is 5.69 Å². The fourth-order valence-corrected chi connectivity index (χ4v) is 1.92. The molecular weight excluding hydrogens is 268 g/mol. The number of aryl methyl sites for hydroxylation is 1. The minimum atomic E-state index is -0.458. The average Bonchev–Trinajstić information content (AvgIpc) is 2.48. The molecule has 0 fully saturated rings. The molecule has 0 radical (unpaired) electrons. The number of hydrogen-bond donors (Lipinski definition) is 2. The summed E-state index contributed by atoms with van der Waals surface area (Å²) >= 11 is 0. The van der Waals surface area contributed by atoms with Crippen molar-refractivity contribution >= 4 is 5.91 Å². The molecule has 0 aliphatic carbocycles. The normalized spacial score (nSPS) is 10.4. The molecule has 21 heavy (non-hydrogen) atoms. The summed E-state index contributed by atoms with van der Waals surface area (Å²) in [7, 11) is 1.79. The van der Waals surface area contributed by atoms with Crippen LogP contribution < -0.4 is 16.1 Å². The van der Waals surface area contributed by atoms with E-state index in [1.807, 2.05) is 30.3 Å². The Bertz CT molecular complexity index is 680. The predicted molar refractivity (Wildman–Crippen MR) is 80.8 cm³/mol. The Morgan fingerprint density at radius 3 is 2.62 bits per heavy atom. The fraction of sp³-hybridized carbons (Fsp3) is 0.267. The summed E-state index contributed by atoms with van der Waals surface area (Å²) in [6.07, 6.45) is 0. The van der Waals surface area contributed by atoms with Gasteiger partial charge in [0.05, 0.1) is 5.69 Å². The number of nitrogens with zero attached hydrogens (tertiary/aromatic N) is 2. The molecule has 0 bridgehead atoms. The highest BCUT2D eigenvalue weighted by atomic mass is 16.2. The van der Waals surface area contributed by atoms with Crippen LogP contribution in [0.5, 0.6) is 0 Å². The maximum Gasteiger partial charge on any atom is 0.275 e. The summed E-state index contributed by atoms with van der Waals surface area (Å²) < 4.78 is 1.59. The summed E-state index contributed by atoms with van der Waals surface area (Å²) in [6, 6.07) is 10.8. The summed E-state index contributed by atoms with van der Waals surface area (Å²) in [5.74, 6) is -0.458. The molecule has 110 valence electrons. The van der Waals surface area contributed by atoms with Crippen molar-refractivity contribution in [2.45, 2.75) is 6.92 Å². The van der Waals surface area contributed by atoms with Crippen LogP contribution in [0.25, 0.3) is 5.69 Å². The number of hydrogen-bond acceptors (Lipinski definition) is 4. The van der Waals surface area contributed by atoms with Crippen molar-refractivity contribution in [1.29, 1.82) is 0 Å². The highest BCUT2D eigenvalue weighted by Gasteiger charge is 2.14. The Kier molecular flexibility index (Phi) is 4.84. The summed E-state index contributed by atoms with van der Waals surface area (Å²) in [4.78, 5) is 24.0. The SMILES string of the molecule is CNCCNC(=O)c1nn(-c2ccccc2)c(C)cc1=O. The lowest BCUT2D eigenvalue weighted by Crippen LogP contribution is -2.35. The van der Waals surface area contributed by atoms with E-state index in [2.05, 4.69) is 15.7 Å². The first-order valence-corrected chi connectivity index (χ1v) is 6.72. The Labute approximate surface area is 122 Å². The van der Waals surface area contributed by atoms with Gasteiger partial charge in [-0.25, -0.2) is 4.68 Å². The third kappa shape index (κ3) is 3.55. The fourth-order valence-electron chi connectivity index (χ4n) is 1.92. The molecule has 0 aliphatic rings. The van der Waals surface area contributed by atoms with Crippen molar-refractivity contribution in [3.8, 4) is 5.69 Å². The van der Waals surface area contributed by atoms with Crippen LogP contribution in [0.1, 0.15) is 16.2 Å². The van der Waals surface area contributed by atoms with E-state index < -0.39 is 5.91 Å². The van der Waals surface area contributed by atoms with Crippen LogP contribution >= 0.6 is 0 Å². The van der Waals surface area contributed by atoms with Gasteiger partial charge >= 0.3 is 0 Å². The van der Waals surface area contributed by atoms with Gasteiger partial charge < -0.3 is 10.6 Å². The summed E-state index contributed by atoms with van der Waals surface area (Å²) in [5, 5.41) is 9.77. The van der Waals surface area contributed by atoms with Gasteiger partial charge in [-0.2, -0.15) is 5.10 Å². The third-order valence-corrected chi connectivity index (χ3v) is 2.98. The molecule has 1 aromatic carbocycles. The van der Waals surface area contributed by atoms with Gasteiger partial charge in [-0.05, 0) is 26.1 Å². The number of likely N-dealkylation sites (N-methyl/N-ethyl adjacent to an activating group) is 1. The molecule has 1 amide bonds. The number of carbonyl (C=O) groups excluding carboxylic acids is 1. The number of para-hydroxylation sites is 1. The van der Waals surface area contributed by atoms with Crippen LogP contribution in [-0.4, -0.2) is 35.8 Å². The third-order valence-electron chi connectivity index (χ3n) is 2.98. The molecule has 0 saturated carbocycles. The van der Waals surface area contributed by atoms with Crippen LogP contribution in [0, 0.1) is 6.92 Å². The first-order valence-electron chi connectivity index (χ1n) is 6.72. The molecular formula is C15H18N4O2. The predicted octanol–water partition coefficient (Wildman–Crippen LogP) is 0.490. The Morgan fingerprint density at radius 1 is 1.24 bits per heavy atom. The van der Waals surface area contributed by atoms with Crippen molar-refractivity contribution in [3.05, 3.63) is 58.0 Å². The lowest BCUT2D eigenvalue weighted by molar-refractivity contribution is 0.0946.